The lowest BCUT2D eigenvalue weighted by molar-refractivity contribution is 0.505. The molecule has 0 aromatic heterocycles. The van der Waals surface area contributed by atoms with Crippen LogP contribution in [0.25, 0.3) is 0 Å². The standard InChI is InChI=1S/C14H19ClN2/c1-10(2)11(3)17(4)14-6-5-12(8-15)7-13(14)9-16/h5-7,10-11H,8H2,1-4H3. The second-order valence-electron chi connectivity index (χ2n) is 4.69. The Balaban J connectivity index is 3.10. The maximum absolute atomic E-state index is 9.19. The first-order valence-electron chi connectivity index (χ1n) is 5.83. The van der Waals surface area contributed by atoms with Crippen LogP contribution in [-0.2, 0) is 5.88 Å². The van der Waals surface area contributed by atoms with Crippen molar-refractivity contribution in [1.82, 2.24) is 0 Å². The Bertz CT molecular complexity index is 421. The summed E-state index contributed by atoms with van der Waals surface area (Å²) in [6.45, 7) is 6.53. The number of alkyl halides is 1. The molecule has 0 fully saturated rings. The molecule has 0 heterocycles. The van der Waals surface area contributed by atoms with E-state index in [0.29, 0.717) is 23.4 Å². The number of nitriles is 1. The molecule has 0 N–H and O–H groups in total. The summed E-state index contributed by atoms with van der Waals surface area (Å²) in [7, 11) is 2.03. The highest BCUT2D eigenvalue weighted by Crippen LogP contribution is 2.24. The van der Waals surface area contributed by atoms with Gasteiger partial charge in [-0.15, -0.1) is 11.6 Å². The zero-order chi connectivity index (χ0) is 13.0. The van der Waals surface area contributed by atoms with Gasteiger partial charge in [-0.25, -0.2) is 0 Å². The lowest BCUT2D eigenvalue weighted by Crippen LogP contribution is -2.33. The van der Waals surface area contributed by atoms with Crippen molar-refractivity contribution in [1.29, 1.82) is 5.26 Å². The Labute approximate surface area is 109 Å². The number of hydrogen-bond acceptors (Lipinski definition) is 2. The molecule has 1 aromatic carbocycles. The van der Waals surface area contributed by atoms with Gasteiger partial charge in [0.25, 0.3) is 0 Å². The summed E-state index contributed by atoms with van der Waals surface area (Å²) in [6, 6.07) is 8.46. The minimum atomic E-state index is 0.393. The van der Waals surface area contributed by atoms with Crippen LogP contribution < -0.4 is 4.90 Å². The van der Waals surface area contributed by atoms with Crippen molar-refractivity contribution in [2.24, 2.45) is 5.92 Å². The van der Waals surface area contributed by atoms with E-state index in [1.807, 2.05) is 25.2 Å². The molecule has 0 amide bonds. The van der Waals surface area contributed by atoms with Crippen LogP contribution in [0.4, 0.5) is 5.69 Å². The fourth-order valence-electron chi connectivity index (χ4n) is 1.73. The van der Waals surface area contributed by atoms with E-state index in [1.54, 1.807) is 0 Å². The van der Waals surface area contributed by atoms with E-state index < -0.39 is 0 Å². The van der Waals surface area contributed by atoms with Gasteiger partial charge in [0.2, 0.25) is 0 Å². The third-order valence-corrected chi connectivity index (χ3v) is 3.60. The second-order valence-corrected chi connectivity index (χ2v) is 4.96. The van der Waals surface area contributed by atoms with Gasteiger partial charge in [0.1, 0.15) is 6.07 Å². The van der Waals surface area contributed by atoms with Crippen molar-refractivity contribution in [2.75, 3.05) is 11.9 Å². The second kappa shape index (κ2) is 5.93. The molecular formula is C14H19ClN2. The predicted molar refractivity (Wildman–Crippen MR) is 73.4 cm³/mol. The Hall–Kier alpha value is -1.20. The molecule has 0 aliphatic carbocycles. The monoisotopic (exact) mass is 250 g/mol. The number of halogens is 1. The fourth-order valence-corrected chi connectivity index (χ4v) is 1.90. The Morgan fingerprint density at radius 1 is 1.35 bits per heavy atom. The van der Waals surface area contributed by atoms with Crippen LogP contribution in [0.5, 0.6) is 0 Å². The van der Waals surface area contributed by atoms with Gasteiger partial charge in [0.05, 0.1) is 11.3 Å². The quantitative estimate of drug-likeness (QED) is 0.761. The van der Waals surface area contributed by atoms with Gasteiger partial charge in [-0.05, 0) is 30.5 Å². The van der Waals surface area contributed by atoms with E-state index in [1.165, 1.54) is 0 Å². The lowest BCUT2D eigenvalue weighted by atomic mass is 10.0. The molecule has 0 spiro atoms. The van der Waals surface area contributed by atoms with Gasteiger partial charge in [-0.2, -0.15) is 5.26 Å². The van der Waals surface area contributed by atoms with Crippen LogP contribution in [0.1, 0.15) is 31.9 Å². The van der Waals surface area contributed by atoms with Gasteiger partial charge in [-0.3, -0.25) is 0 Å². The minimum Gasteiger partial charge on any atom is -0.371 e. The summed E-state index contributed by atoms with van der Waals surface area (Å²) >= 11 is 5.78. The van der Waals surface area contributed by atoms with Crippen molar-refractivity contribution in [3.8, 4) is 6.07 Å². The van der Waals surface area contributed by atoms with Crippen molar-refractivity contribution < 1.29 is 0 Å². The van der Waals surface area contributed by atoms with Crippen LogP contribution in [-0.4, -0.2) is 13.1 Å². The number of nitrogens with zero attached hydrogens (tertiary/aromatic N) is 2. The Morgan fingerprint density at radius 3 is 2.47 bits per heavy atom. The summed E-state index contributed by atoms with van der Waals surface area (Å²) in [4.78, 5) is 2.15. The summed E-state index contributed by atoms with van der Waals surface area (Å²) in [5.74, 6) is 0.984. The largest absolute Gasteiger partial charge is 0.371 e. The molecule has 0 radical (unpaired) electrons. The molecule has 0 saturated heterocycles. The van der Waals surface area contributed by atoms with Gasteiger partial charge in [-0.1, -0.05) is 19.9 Å². The molecule has 1 rings (SSSR count). The van der Waals surface area contributed by atoms with Gasteiger partial charge in [0.15, 0.2) is 0 Å². The normalized spacial score (nSPS) is 12.3. The van der Waals surface area contributed by atoms with Crippen molar-refractivity contribution in [3.63, 3.8) is 0 Å². The minimum absolute atomic E-state index is 0.393. The van der Waals surface area contributed by atoms with Crippen LogP contribution >= 0.6 is 11.6 Å². The van der Waals surface area contributed by atoms with Crippen LogP contribution in [0.3, 0.4) is 0 Å². The highest BCUT2D eigenvalue weighted by atomic mass is 35.5. The molecule has 1 aromatic rings. The SMILES string of the molecule is CC(C)C(C)N(C)c1ccc(CCl)cc1C#N. The fraction of sp³-hybridized carbons (Fsp3) is 0.500. The van der Waals surface area contributed by atoms with Gasteiger partial charge >= 0.3 is 0 Å². The first-order valence-corrected chi connectivity index (χ1v) is 6.36. The average molecular weight is 251 g/mol. The van der Waals surface area contributed by atoms with Crippen molar-refractivity contribution in [3.05, 3.63) is 29.3 Å². The smallest absolute Gasteiger partial charge is 0.101 e. The molecule has 17 heavy (non-hydrogen) atoms. The van der Waals surface area contributed by atoms with Crippen LogP contribution in [0, 0.1) is 17.2 Å². The molecule has 3 heteroatoms. The van der Waals surface area contributed by atoms with E-state index >= 15 is 0 Å². The maximum Gasteiger partial charge on any atom is 0.101 e. The van der Waals surface area contributed by atoms with E-state index in [9.17, 15) is 5.26 Å². The first-order chi connectivity index (χ1) is 8.01. The lowest BCUT2D eigenvalue weighted by Gasteiger charge is -2.30. The predicted octanol–water partition coefficient (Wildman–Crippen LogP) is 3.78. The summed E-state index contributed by atoms with van der Waals surface area (Å²) in [6.07, 6.45) is 0. The zero-order valence-electron chi connectivity index (χ0n) is 10.9. The molecule has 1 atom stereocenters. The first kappa shape index (κ1) is 13.9. The van der Waals surface area contributed by atoms with E-state index in [2.05, 4.69) is 31.7 Å². The zero-order valence-corrected chi connectivity index (χ0v) is 11.6. The van der Waals surface area contributed by atoms with E-state index in [4.69, 9.17) is 11.6 Å². The molecule has 0 aliphatic heterocycles. The average Bonchev–Trinajstić information content (AvgIpc) is 2.35. The van der Waals surface area contributed by atoms with Crippen LogP contribution in [0.2, 0.25) is 0 Å². The Morgan fingerprint density at radius 2 is 2.00 bits per heavy atom. The van der Waals surface area contributed by atoms with Gasteiger partial charge in [0, 0.05) is 19.0 Å². The van der Waals surface area contributed by atoms with E-state index in [0.717, 1.165) is 11.3 Å². The van der Waals surface area contributed by atoms with Crippen molar-refractivity contribution in [2.45, 2.75) is 32.7 Å². The number of rotatable bonds is 4. The number of hydrogen-bond donors (Lipinski definition) is 0. The summed E-state index contributed by atoms with van der Waals surface area (Å²) < 4.78 is 0. The molecule has 92 valence electrons. The topological polar surface area (TPSA) is 27.0 Å². The highest BCUT2D eigenvalue weighted by molar-refractivity contribution is 6.17. The maximum atomic E-state index is 9.19. The Kier molecular flexibility index (Phi) is 4.84. The van der Waals surface area contributed by atoms with E-state index in [-0.39, 0.29) is 0 Å². The van der Waals surface area contributed by atoms with Crippen molar-refractivity contribution >= 4 is 17.3 Å². The third-order valence-electron chi connectivity index (χ3n) is 3.29. The highest BCUT2D eigenvalue weighted by Gasteiger charge is 2.16. The molecule has 0 aliphatic rings. The summed E-state index contributed by atoms with van der Waals surface area (Å²) in [5, 5.41) is 9.19. The van der Waals surface area contributed by atoms with Gasteiger partial charge < -0.3 is 4.90 Å². The third kappa shape index (κ3) is 3.14. The molecule has 0 saturated carbocycles. The molecule has 0 bridgehead atoms. The number of anilines is 1. The molecule has 2 nitrogen and oxygen atoms in total. The molecule has 1 unspecified atom stereocenters. The van der Waals surface area contributed by atoms with Crippen LogP contribution in [0.15, 0.2) is 18.2 Å². The number of benzene rings is 1. The molecular weight excluding hydrogens is 232 g/mol. The summed E-state index contributed by atoms with van der Waals surface area (Å²) in [5.41, 5.74) is 2.65.